The first-order valence-electron chi connectivity index (χ1n) is 8.52. The Labute approximate surface area is 142 Å². The van der Waals surface area contributed by atoms with Crippen LogP contribution in [-0.2, 0) is 0 Å². The molecule has 0 spiro atoms. The van der Waals surface area contributed by atoms with E-state index in [0.717, 1.165) is 40.9 Å². The van der Waals surface area contributed by atoms with E-state index in [9.17, 15) is 4.79 Å². The van der Waals surface area contributed by atoms with Gasteiger partial charge in [-0.05, 0) is 29.3 Å². The van der Waals surface area contributed by atoms with Crippen LogP contribution in [-0.4, -0.2) is 23.5 Å². The van der Waals surface area contributed by atoms with Gasteiger partial charge in [-0.2, -0.15) is 0 Å². The zero-order chi connectivity index (χ0) is 16.9. The largest absolute Gasteiger partial charge is 0.348 e. The van der Waals surface area contributed by atoms with Crippen molar-refractivity contribution in [3.05, 3.63) is 54.2 Å². The van der Waals surface area contributed by atoms with Crippen molar-refractivity contribution in [3.8, 4) is 0 Å². The molecule has 3 N–H and O–H groups in total. The molecule has 124 valence electrons. The molecule has 1 atom stereocenters. The standard InChI is InChI=1S/C20H23N3O/c1-2-3-8-15(13-21)23-20(24)18-12-14-7-4-5-9-16(14)17-10-6-11-22-19(17)18/h4-7,9-12,15H,2-3,8,13,21H2,1H3,(H,23,24). The molecule has 24 heavy (non-hydrogen) atoms. The number of hydrogen-bond donors (Lipinski definition) is 2. The maximum Gasteiger partial charge on any atom is 0.253 e. The number of rotatable bonds is 6. The van der Waals surface area contributed by atoms with Gasteiger partial charge < -0.3 is 11.1 Å². The number of nitrogens with zero attached hydrogens (tertiary/aromatic N) is 1. The number of amides is 1. The summed E-state index contributed by atoms with van der Waals surface area (Å²) in [5.74, 6) is -0.101. The highest BCUT2D eigenvalue weighted by Crippen LogP contribution is 2.27. The van der Waals surface area contributed by atoms with Crippen molar-refractivity contribution >= 4 is 27.6 Å². The number of pyridine rings is 1. The number of carbonyl (C=O) groups excluding carboxylic acids is 1. The normalized spacial score (nSPS) is 12.4. The zero-order valence-corrected chi connectivity index (χ0v) is 14.0. The lowest BCUT2D eigenvalue weighted by Gasteiger charge is -2.17. The molecule has 0 aliphatic rings. The summed E-state index contributed by atoms with van der Waals surface area (Å²) in [4.78, 5) is 17.3. The van der Waals surface area contributed by atoms with Crippen LogP contribution in [0.2, 0.25) is 0 Å². The SMILES string of the molecule is CCCCC(CN)NC(=O)c1cc2ccccc2c2cccnc12. The Bertz CT molecular complexity index is 860. The van der Waals surface area contributed by atoms with Crippen LogP contribution in [0.15, 0.2) is 48.7 Å². The summed E-state index contributed by atoms with van der Waals surface area (Å²) in [6, 6.07) is 13.9. The van der Waals surface area contributed by atoms with Gasteiger partial charge in [-0.15, -0.1) is 0 Å². The minimum Gasteiger partial charge on any atom is -0.348 e. The van der Waals surface area contributed by atoms with Crippen molar-refractivity contribution in [1.29, 1.82) is 0 Å². The molecule has 3 aromatic rings. The molecule has 1 aromatic heterocycles. The van der Waals surface area contributed by atoms with Gasteiger partial charge in [0.15, 0.2) is 0 Å². The fourth-order valence-electron chi connectivity index (χ4n) is 3.06. The van der Waals surface area contributed by atoms with Crippen LogP contribution >= 0.6 is 0 Å². The Hall–Kier alpha value is -2.46. The van der Waals surface area contributed by atoms with Gasteiger partial charge >= 0.3 is 0 Å². The Kier molecular flexibility index (Phi) is 5.06. The molecule has 4 heteroatoms. The molecule has 3 rings (SSSR count). The van der Waals surface area contributed by atoms with Gasteiger partial charge in [-0.1, -0.05) is 50.1 Å². The minimum atomic E-state index is -0.101. The van der Waals surface area contributed by atoms with Crippen molar-refractivity contribution in [2.45, 2.75) is 32.2 Å². The van der Waals surface area contributed by atoms with E-state index in [-0.39, 0.29) is 11.9 Å². The maximum atomic E-state index is 12.8. The number of unbranched alkanes of at least 4 members (excludes halogenated alkanes) is 1. The summed E-state index contributed by atoms with van der Waals surface area (Å²) >= 11 is 0. The molecule has 1 unspecified atom stereocenters. The fraction of sp³-hybridized carbons (Fsp3) is 0.300. The lowest BCUT2D eigenvalue weighted by atomic mass is 10.00. The van der Waals surface area contributed by atoms with Gasteiger partial charge in [-0.25, -0.2) is 0 Å². The average Bonchev–Trinajstić information content (AvgIpc) is 2.64. The highest BCUT2D eigenvalue weighted by atomic mass is 16.1. The van der Waals surface area contributed by atoms with Crippen molar-refractivity contribution in [3.63, 3.8) is 0 Å². The van der Waals surface area contributed by atoms with E-state index in [1.54, 1.807) is 6.20 Å². The minimum absolute atomic E-state index is 0.00248. The Morgan fingerprint density at radius 3 is 2.79 bits per heavy atom. The Morgan fingerprint density at radius 2 is 2.00 bits per heavy atom. The van der Waals surface area contributed by atoms with Crippen molar-refractivity contribution in [2.24, 2.45) is 5.73 Å². The van der Waals surface area contributed by atoms with Crippen LogP contribution in [0.5, 0.6) is 0 Å². The summed E-state index contributed by atoms with van der Waals surface area (Å²) in [7, 11) is 0. The number of nitrogens with one attached hydrogen (secondary N) is 1. The highest BCUT2D eigenvalue weighted by Gasteiger charge is 2.17. The van der Waals surface area contributed by atoms with E-state index in [0.29, 0.717) is 12.1 Å². The molecule has 2 aromatic carbocycles. The summed E-state index contributed by atoms with van der Waals surface area (Å²) in [6.07, 6.45) is 4.77. The number of hydrogen-bond acceptors (Lipinski definition) is 3. The molecule has 0 saturated carbocycles. The van der Waals surface area contributed by atoms with Gasteiger partial charge in [0.25, 0.3) is 5.91 Å². The predicted molar refractivity (Wildman–Crippen MR) is 99.1 cm³/mol. The van der Waals surface area contributed by atoms with E-state index in [4.69, 9.17) is 5.73 Å². The lowest BCUT2D eigenvalue weighted by Crippen LogP contribution is -2.40. The van der Waals surface area contributed by atoms with Crippen LogP contribution < -0.4 is 11.1 Å². The number of aromatic nitrogens is 1. The molecular formula is C20H23N3O. The van der Waals surface area contributed by atoms with Crippen LogP contribution in [0, 0.1) is 0 Å². The van der Waals surface area contributed by atoms with Crippen molar-refractivity contribution in [2.75, 3.05) is 6.54 Å². The smallest absolute Gasteiger partial charge is 0.253 e. The third kappa shape index (κ3) is 3.24. The number of fused-ring (bicyclic) bond motifs is 3. The summed E-state index contributed by atoms with van der Waals surface area (Å²) in [5, 5.41) is 6.22. The molecule has 1 amide bonds. The fourth-order valence-corrected chi connectivity index (χ4v) is 3.06. The topological polar surface area (TPSA) is 68.0 Å². The average molecular weight is 321 g/mol. The van der Waals surface area contributed by atoms with E-state index in [1.807, 2.05) is 36.4 Å². The molecular weight excluding hydrogens is 298 g/mol. The predicted octanol–water partition coefficient (Wildman–Crippen LogP) is 3.64. The van der Waals surface area contributed by atoms with Gasteiger partial charge in [0, 0.05) is 24.2 Å². The number of carbonyl (C=O) groups is 1. The Balaban J connectivity index is 2.02. The quantitative estimate of drug-likeness (QED) is 0.681. The summed E-state index contributed by atoms with van der Waals surface area (Å²) in [5.41, 5.74) is 7.16. The van der Waals surface area contributed by atoms with Gasteiger partial charge in [-0.3, -0.25) is 9.78 Å². The Morgan fingerprint density at radius 1 is 1.21 bits per heavy atom. The molecule has 0 aliphatic heterocycles. The van der Waals surface area contributed by atoms with Crippen LogP contribution in [0.25, 0.3) is 21.7 Å². The lowest BCUT2D eigenvalue weighted by molar-refractivity contribution is 0.0937. The molecule has 1 heterocycles. The third-order valence-corrected chi connectivity index (χ3v) is 4.38. The van der Waals surface area contributed by atoms with Crippen LogP contribution in [0.1, 0.15) is 36.5 Å². The molecule has 4 nitrogen and oxygen atoms in total. The molecule has 0 saturated heterocycles. The molecule has 0 radical (unpaired) electrons. The highest BCUT2D eigenvalue weighted by molar-refractivity contribution is 6.15. The third-order valence-electron chi connectivity index (χ3n) is 4.38. The molecule has 0 aliphatic carbocycles. The monoisotopic (exact) mass is 321 g/mol. The number of benzene rings is 2. The first kappa shape index (κ1) is 16.4. The molecule has 0 bridgehead atoms. The van der Waals surface area contributed by atoms with E-state index >= 15 is 0 Å². The van der Waals surface area contributed by atoms with Gasteiger partial charge in [0.2, 0.25) is 0 Å². The van der Waals surface area contributed by atoms with Crippen molar-refractivity contribution < 1.29 is 4.79 Å². The van der Waals surface area contributed by atoms with Gasteiger partial charge in [0.1, 0.15) is 0 Å². The second-order valence-corrected chi connectivity index (χ2v) is 6.09. The number of nitrogens with two attached hydrogens (primary N) is 1. The van der Waals surface area contributed by atoms with E-state index < -0.39 is 0 Å². The first-order chi connectivity index (χ1) is 11.7. The van der Waals surface area contributed by atoms with Crippen LogP contribution in [0.4, 0.5) is 0 Å². The maximum absolute atomic E-state index is 12.8. The second kappa shape index (κ2) is 7.41. The second-order valence-electron chi connectivity index (χ2n) is 6.09. The van der Waals surface area contributed by atoms with Crippen molar-refractivity contribution in [1.82, 2.24) is 10.3 Å². The zero-order valence-electron chi connectivity index (χ0n) is 14.0. The molecule has 0 fully saturated rings. The summed E-state index contributed by atoms with van der Waals surface area (Å²) < 4.78 is 0. The van der Waals surface area contributed by atoms with E-state index in [1.165, 1.54) is 0 Å². The van der Waals surface area contributed by atoms with Crippen LogP contribution in [0.3, 0.4) is 0 Å². The first-order valence-corrected chi connectivity index (χ1v) is 8.52. The van der Waals surface area contributed by atoms with E-state index in [2.05, 4.69) is 23.3 Å². The summed E-state index contributed by atoms with van der Waals surface area (Å²) in [6.45, 7) is 2.58. The van der Waals surface area contributed by atoms with Gasteiger partial charge in [0.05, 0.1) is 11.1 Å².